The fraction of sp³-hybridized carbons (Fsp3) is 0. The number of rotatable bonds is 3. The third kappa shape index (κ3) is 3.72. The van der Waals surface area contributed by atoms with Crippen LogP contribution in [0, 0.1) is 0 Å². The molecule has 1 heterocycles. The quantitative estimate of drug-likeness (QED) is 0.197. The number of benzene rings is 8. The summed E-state index contributed by atoms with van der Waals surface area (Å²) in [6.07, 6.45) is 0. The zero-order valence-electron chi connectivity index (χ0n) is 33.6. The molecular formula is C42H26O. The maximum atomic E-state index is 9.94. The monoisotopic (exact) mass is 557 g/mol. The van der Waals surface area contributed by atoms with Crippen LogP contribution in [0.1, 0.15) is 15.1 Å². The predicted molar refractivity (Wildman–Crippen MR) is 183 cm³/mol. The summed E-state index contributed by atoms with van der Waals surface area (Å²) in [4.78, 5) is 0. The van der Waals surface area contributed by atoms with Crippen molar-refractivity contribution in [2.24, 2.45) is 0 Å². The average molecular weight is 558 g/mol. The summed E-state index contributed by atoms with van der Waals surface area (Å²) in [5.41, 5.74) is 1.47. The summed E-state index contributed by atoms with van der Waals surface area (Å²) < 4.78 is 103. The van der Waals surface area contributed by atoms with Crippen LogP contribution in [0.5, 0.6) is 0 Å². The second-order valence-corrected chi connectivity index (χ2v) is 10.4. The average Bonchev–Trinajstić information content (AvgIpc) is 3.59. The minimum atomic E-state index is -0.633. The van der Waals surface area contributed by atoms with Gasteiger partial charge in [-0.2, -0.15) is 0 Å². The van der Waals surface area contributed by atoms with Crippen molar-refractivity contribution in [1.29, 1.82) is 0 Å². The minimum absolute atomic E-state index is 0.0209. The number of fused-ring (bicyclic) bond motifs is 6. The van der Waals surface area contributed by atoms with Gasteiger partial charge in [0.1, 0.15) is 11.2 Å². The summed E-state index contributed by atoms with van der Waals surface area (Å²) in [6.45, 7) is 0. The Morgan fingerprint density at radius 2 is 1.07 bits per heavy atom. The molecule has 0 atom stereocenters. The Kier molecular flexibility index (Phi) is 3.41. The standard InChI is InChI=1S/C42H26O/c1-2-12-27(13-3-1)31-25-37(42-36-20-10-11-21-38(36)43-39(42)26-31)41-34-18-8-6-16-32(34)40(33-17-7-9-19-35(33)41)30-23-22-28-14-4-5-15-29(28)24-30/h1-26H/i1D,2D,3D,10D,11D,12D,13D,20D,21D,25D,26D. The van der Waals surface area contributed by atoms with Crippen LogP contribution in [-0.2, 0) is 0 Å². The smallest absolute Gasteiger partial charge is 0.136 e. The van der Waals surface area contributed by atoms with Crippen LogP contribution in [0.2, 0.25) is 0 Å². The van der Waals surface area contributed by atoms with E-state index in [1.165, 1.54) is 0 Å². The van der Waals surface area contributed by atoms with Gasteiger partial charge in [0.2, 0.25) is 0 Å². The molecule has 9 aromatic rings. The molecule has 0 fully saturated rings. The van der Waals surface area contributed by atoms with E-state index >= 15 is 0 Å². The number of hydrogen-bond acceptors (Lipinski definition) is 1. The SMILES string of the molecule is [2H]c1c([2H])c([2H])c(-c2c([2H])c(-c3c4ccccc4c(-c4ccc5ccccc5c4)c4ccccc34)c3c(oc4c([2H])c([2H])c([2H])c([2H])c43)c2[2H])c([2H])c1[2H]. The van der Waals surface area contributed by atoms with Crippen molar-refractivity contribution in [3.05, 3.63) is 157 Å². The highest BCUT2D eigenvalue weighted by Gasteiger charge is 2.21. The third-order valence-corrected chi connectivity index (χ3v) is 8.04. The maximum Gasteiger partial charge on any atom is 0.136 e. The van der Waals surface area contributed by atoms with E-state index in [-0.39, 0.29) is 44.7 Å². The molecule has 0 unspecified atom stereocenters. The van der Waals surface area contributed by atoms with E-state index in [2.05, 4.69) is 24.3 Å². The van der Waals surface area contributed by atoms with Gasteiger partial charge in [0, 0.05) is 10.8 Å². The van der Waals surface area contributed by atoms with Crippen LogP contribution in [0.3, 0.4) is 0 Å². The van der Waals surface area contributed by atoms with Gasteiger partial charge in [-0.15, -0.1) is 0 Å². The molecule has 1 aromatic heterocycles. The van der Waals surface area contributed by atoms with Crippen molar-refractivity contribution in [2.45, 2.75) is 0 Å². The van der Waals surface area contributed by atoms with Crippen LogP contribution in [0.4, 0.5) is 0 Å². The topological polar surface area (TPSA) is 13.1 Å². The van der Waals surface area contributed by atoms with Crippen molar-refractivity contribution >= 4 is 54.3 Å². The summed E-state index contributed by atoms with van der Waals surface area (Å²) in [5, 5.41) is 5.23. The summed E-state index contributed by atoms with van der Waals surface area (Å²) in [5.74, 6) is 0. The Morgan fingerprint density at radius 1 is 0.442 bits per heavy atom. The fourth-order valence-corrected chi connectivity index (χ4v) is 6.22. The van der Waals surface area contributed by atoms with Crippen molar-refractivity contribution in [3.8, 4) is 33.4 Å². The van der Waals surface area contributed by atoms with Gasteiger partial charge in [-0.05, 0) is 89.9 Å². The molecule has 9 rings (SSSR count). The van der Waals surface area contributed by atoms with E-state index < -0.39 is 60.4 Å². The minimum Gasteiger partial charge on any atom is -0.456 e. The maximum absolute atomic E-state index is 9.94. The number of para-hydroxylation sites is 1. The number of furan rings is 1. The molecule has 200 valence electrons. The van der Waals surface area contributed by atoms with E-state index in [4.69, 9.17) is 16.8 Å². The molecule has 1 nitrogen and oxygen atoms in total. The van der Waals surface area contributed by atoms with Crippen LogP contribution >= 0.6 is 0 Å². The Morgan fingerprint density at radius 3 is 1.81 bits per heavy atom. The first kappa shape index (κ1) is 15.5. The van der Waals surface area contributed by atoms with Crippen molar-refractivity contribution in [2.75, 3.05) is 0 Å². The summed E-state index contributed by atoms with van der Waals surface area (Å²) in [7, 11) is 0. The highest BCUT2D eigenvalue weighted by atomic mass is 16.3. The Hall–Kier alpha value is -5.66. The summed E-state index contributed by atoms with van der Waals surface area (Å²) in [6, 6.07) is 23.8. The van der Waals surface area contributed by atoms with Crippen LogP contribution in [-0.4, -0.2) is 0 Å². The lowest BCUT2D eigenvalue weighted by atomic mass is 9.84. The normalized spacial score (nSPS) is 15.3. The molecule has 0 aliphatic rings. The Bertz CT molecular complexity index is 3040. The molecule has 0 saturated heterocycles. The van der Waals surface area contributed by atoms with E-state index in [1.54, 1.807) is 0 Å². The van der Waals surface area contributed by atoms with E-state index in [0.29, 0.717) is 16.3 Å². The molecule has 43 heavy (non-hydrogen) atoms. The lowest BCUT2D eigenvalue weighted by Gasteiger charge is -2.19. The van der Waals surface area contributed by atoms with Gasteiger partial charge in [0.05, 0.1) is 15.1 Å². The second-order valence-electron chi connectivity index (χ2n) is 10.4. The van der Waals surface area contributed by atoms with Crippen LogP contribution in [0.25, 0.3) is 87.6 Å². The van der Waals surface area contributed by atoms with Gasteiger partial charge in [-0.3, -0.25) is 0 Å². The fourth-order valence-electron chi connectivity index (χ4n) is 6.22. The second kappa shape index (κ2) is 9.44. The molecular weight excluding hydrogens is 520 g/mol. The zero-order valence-corrected chi connectivity index (χ0v) is 22.6. The van der Waals surface area contributed by atoms with Crippen molar-refractivity contribution < 1.29 is 19.5 Å². The molecule has 0 aliphatic heterocycles. The van der Waals surface area contributed by atoms with Gasteiger partial charge in [-0.1, -0.05) is 133 Å². The van der Waals surface area contributed by atoms with Gasteiger partial charge in [-0.25, -0.2) is 0 Å². The molecule has 0 spiro atoms. The highest BCUT2D eigenvalue weighted by Crippen LogP contribution is 2.48. The van der Waals surface area contributed by atoms with E-state index in [1.807, 2.05) is 66.7 Å². The van der Waals surface area contributed by atoms with E-state index in [0.717, 1.165) is 32.7 Å². The molecule has 0 bridgehead atoms. The van der Waals surface area contributed by atoms with E-state index in [9.17, 15) is 2.74 Å². The van der Waals surface area contributed by atoms with Crippen molar-refractivity contribution in [3.63, 3.8) is 0 Å². The molecule has 0 aliphatic carbocycles. The highest BCUT2D eigenvalue weighted by molar-refractivity contribution is 6.26. The largest absolute Gasteiger partial charge is 0.456 e. The zero-order chi connectivity index (χ0) is 37.9. The first-order valence-electron chi connectivity index (χ1n) is 19.4. The predicted octanol–water partition coefficient (Wildman–Crippen LogP) is 12.0. The Labute approximate surface area is 264 Å². The Balaban J connectivity index is 1.54. The van der Waals surface area contributed by atoms with Crippen molar-refractivity contribution in [1.82, 2.24) is 0 Å². The number of hydrogen-bond donors (Lipinski definition) is 0. The molecule has 8 aromatic carbocycles. The molecule has 0 amide bonds. The summed E-state index contributed by atoms with van der Waals surface area (Å²) >= 11 is 0. The molecule has 0 saturated carbocycles. The van der Waals surface area contributed by atoms with Gasteiger partial charge in [0.15, 0.2) is 0 Å². The lowest BCUT2D eigenvalue weighted by molar-refractivity contribution is 0.669. The van der Waals surface area contributed by atoms with Gasteiger partial charge in [0.25, 0.3) is 0 Å². The first-order chi connectivity index (χ1) is 25.9. The third-order valence-electron chi connectivity index (χ3n) is 8.04. The van der Waals surface area contributed by atoms with Crippen LogP contribution < -0.4 is 0 Å². The first-order valence-corrected chi connectivity index (χ1v) is 13.9. The van der Waals surface area contributed by atoms with Crippen LogP contribution in [0.15, 0.2) is 162 Å². The van der Waals surface area contributed by atoms with Gasteiger partial charge >= 0.3 is 0 Å². The molecule has 0 radical (unpaired) electrons. The lowest BCUT2D eigenvalue weighted by Crippen LogP contribution is -1.92. The molecule has 1 heteroatoms. The molecule has 0 N–H and O–H groups in total. The van der Waals surface area contributed by atoms with Gasteiger partial charge < -0.3 is 4.42 Å².